The Morgan fingerprint density at radius 2 is 1.12 bits per heavy atom. The summed E-state index contributed by atoms with van der Waals surface area (Å²) in [6.07, 6.45) is 0. The summed E-state index contributed by atoms with van der Waals surface area (Å²) >= 11 is 0. The van der Waals surface area contributed by atoms with Crippen molar-refractivity contribution in [1.29, 1.82) is 0 Å². The lowest BCUT2D eigenvalue weighted by atomic mass is 10.1. The SMILES string of the molecule is O=C(COc1cc(OCc2ccccc2)ccc1OCc1ccccc1)c1ccccc1. The molecule has 0 unspecified atom stereocenters. The summed E-state index contributed by atoms with van der Waals surface area (Å²) in [5.41, 5.74) is 2.72. The molecule has 4 rings (SSSR count). The zero-order valence-corrected chi connectivity index (χ0v) is 17.6. The molecule has 4 aromatic rings. The van der Waals surface area contributed by atoms with E-state index in [1.807, 2.05) is 91.0 Å². The Morgan fingerprint density at radius 3 is 1.75 bits per heavy atom. The predicted molar refractivity (Wildman–Crippen MR) is 124 cm³/mol. The van der Waals surface area contributed by atoms with Crippen LogP contribution in [0.4, 0.5) is 0 Å². The molecule has 0 radical (unpaired) electrons. The van der Waals surface area contributed by atoms with Crippen LogP contribution in [0.1, 0.15) is 21.5 Å². The molecule has 0 aliphatic carbocycles. The maximum Gasteiger partial charge on any atom is 0.200 e. The van der Waals surface area contributed by atoms with E-state index in [1.54, 1.807) is 18.2 Å². The van der Waals surface area contributed by atoms with E-state index in [0.717, 1.165) is 11.1 Å². The van der Waals surface area contributed by atoms with Gasteiger partial charge in [0, 0.05) is 11.6 Å². The molecular weight excluding hydrogens is 400 g/mol. The summed E-state index contributed by atoms with van der Waals surface area (Å²) in [4.78, 5) is 12.5. The van der Waals surface area contributed by atoms with Crippen molar-refractivity contribution in [2.75, 3.05) is 6.61 Å². The molecule has 0 bridgehead atoms. The van der Waals surface area contributed by atoms with Crippen LogP contribution in [-0.4, -0.2) is 12.4 Å². The first-order chi connectivity index (χ1) is 15.8. The molecule has 0 amide bonds. The number of Topliss-reactive ketones (excluding diaryl/α,β-unsaturated/α-hetero) is 1. The second kappa shape index (κ2) is 10.8. The Balaban J connectivity index is 1.48. The third-order valence-corrected chi connectivity index (χ3v) is 4.86. The highest BCUT2D eigenvalue weighted by atomic mass is 16.5. The minimum Gasteiger partial charge on any atom is -0.489 e. The molecule has 0 saturated heterocycles. The van der Waals surface area contributed by atoms with Crippen molar-refractivity contribution in [3.05, 3.63) is 126 Å². The Kier molecular flexibility index (Phi) is 7.17. The third kappa shape index (κ3) is 5.99. The number of carbonyl (C=O) groups excluding carboxylic acids is 1. The summed E-state index contributed by atoms with van der Waals surface area (Å²) in [7, 11) is 0. The maximum atomic E-state index is 12.5. The highest BCUT2D eigenvalue weighted by molar-refractivity contribution is 5.97. The Bertz CT molecular complexity index is 1130. The van der Waals surface area contributed by atoms with Crippen molar-refractivity contribution < 1.29 is 19.0 Å². The zero-order valence-electron chi connectivity index (χ0n) is 17.6. The van der Waals surface area contributed by atoms with Crippen LogP contribution in [0, 0.1) is 0 Å². The van der Waals surface area contributed by atoms with E-state index in [1.165, 1.54) is 0 Å². The van der Waals surface area contributed by atoms with E-state index < -0.39 is 0 Å². The van der Waals surface area contributed by atoms with Gasteiger partial charge in [-0.15, -0.1) is 0 Å². The maximum absolute atomic E-state index is 12.5. The molecule has 32 heavy (non-hydrogen) atoms. The van der Waals surface area contributed by atoms with Crippen molar-refractivity contribution in [3.63, 3.8) is 0 Å². The van der Waals surface area contributed by atoms with Gasteiger partial charge in [-0.25, -0.2) is 0 Å². The lowest BCUT2D eigenvalue weighted by Crippen LogP contribution is -2.12. The Labute approximate surface area is 188 Å². The van der Waals surface area contributed by atoms with Gasteiger partial charge in [-0.05, 0) is 23.3 Å². The van der Waals surface area contributed by atoms with Gasteiger partial charge in [0.15, 0.2) is 23.9 Å². The molecule has 160 valence electrons. The fourth-order valence-corrected chi connectivity index (χ4v) is 3.14. The molecule has 0 heterocycles. The predicted octanol–water partition coefficient (Wildman–Crippen LogP) is 6.11. The molecule has 0 fully saturated rings. The lowest BCUT2D eigenvalue weighted by molar-refractivity contribution is 0.0918. The van der Waals surface area contributed by atoms with Crippen molar-refractivity contribution in [2.24, 2.45) is 0 Å². The van der Waals surface area contributed by atoms with Crippen LogP contribution in [-0.2, 0) is 13.2 Å². The first kappa shape index (κ1) is 21.2. The lowest BCUT2D eigenvalue weighted by Gasteiger charge is -2.15. The second-order valence-electron chi connectivity index (χ2n) is 7.23. The molecule has 4 aromatic carbocycles. The van der Waals surface area contributed by atoms with Crippen molar-refractivity contribution >= 4 is 5.78 Å². The van der Waals surface area contributed by atoms with Gasteiger partial charge in [0.05, 0.1) is 0 Å². The van der Waals surface area contributed by atoms with Crippen LogP contribution in [0.2, 0.25) is 0 Å². The summed E-state index contributed by atoms with van der Waals surface area (Å²) in [5, 5.41) is 0. The Morgan fingerprint density at radius 1 is 0.562 bits per heavy atom. The molecule has 4 nitrogen and oxygen atoms in total. The van der Waals surface area contributed by atoms with Crippen molar-refractivity contribution in [3.8, 4) is 17.2 Å². The van der Waals surface area contributed by atoms with E-state index in [4.69, 9.17) is 14.2 Å². The third-order valence-electron chi connectivity index (χ3n) is 4.86. The minimum absolute atomic E-state index is 0.0894. The number of benzene rings is 4. The minimum atomic E-state index is -0.102. The van der Waals surface area contributed by atoms with E-state index in [0.29, 0.717) is 36.0 Å². The van der Waals surface area contributed by atoms with Gasteiger partial charge < -0.3 is 14.2 Å². The standard InChI is InChI=1S/C28H24O4/c29-26(24-14-8-3-9-15-24)21-32-28-18-25(30-19-22-10-4-1-5-11-22)16-17-27(28)31-20-23-12-6-2-7-13-23/h1-18H,19-21H2. The van der Waals surface area contributed by atoms with Gasteiger partial charge in [0.25, 0.3) is 0 Å². The second-order valence-corrected chi connectivity index (χ2v) is 7.23. The number of ether oxygens (including phenoxy) is 3. The number of rotatable bonds is 10. The summed E-state index contributed by atoms with van der Waals surface area (Å²) in [6.45, 7) is 0.745. The summed E-state index contributed by atoms with van der Waals surface area (Å²) in [5.74, 6) is 1.57. The largest absolute Gasteiger partial charge is 0.489 e. The molecule has 0 atom stereocenters. The van der Waals surface area contributed by atoms with E-state index in [9.17, 15) is 4.79 Å². The molecule has 0 saturated carbocycles. The zero-order chi connectivity index (χ0) is 22.0. The van der Waals surface area contributed by atoms with Gasteiger partial charge >= 0.3 is 0 Å². The molecule has 0 N–H and O–H groups in total. The molecule has 4 heteroatoms. The van der Waals surface area contributed by atoms with E-state index in [2.05, 4.69) is 0 Å². The summed E-state index contributed by atoms with van der Waals surface area (Å²) < 4.78 is 17.8. The van der Waals surface area contributed by atoms with Gasteiger partial charge in [0.2, 0.25) is 0 Å². The number of hydrogen-bond donors (Lipinski definition) is 0. The molecule has 0 aromatic heterocycles. The van der Waals surface area contributed by atoms with Crippen LogP contribution in [0.5, 0.6) is 17.2 Å². The van der Waals surface area contributed by atoms with Gasteiger partial charge in [-0.2, -0.15) is 0 Å². The first-order valence-electron chi connectivity index (χ1n) is 10.5. The van der Waals surface area contributed by atoms with Crippen molar-refractivity contribution in [2.45, 2.75) is 13.2 Å². The fraction of sp³-hybridized carbons (Fsp3) is 0.107. The fourth-order valence-electron chi connectivity index (χ4n) is 3.14. The van der Waals surface area contributed by atoms with Crippen LogP contribution < -0.4 is 14.2 Å². The molecular formula is C28H24O4. The quantitative estimate of drug-likeness (QED) is 0.288. The number of hydrogen-bond acceptors (Lipinski definition) is 4. The van der Waals surface area contributed by atoms with Crippen LogP contribution >= 0.6 is 0 Å². The Hall–Kier alpha value is -4.05. The highest BCUT2D eigenvalue weighted by Crippen LogP contribution is 2.33. The van der Waals surface area contributed by atoms with Gasteiger partial charge in [-0.1, -0.05) is 91.0 Å². The van der Waals surface area contributed by atoms with Crippen molar-refractivity contribution in [1.82, 2.24) is 0 Å². The molecule has 0 aliphatic rings. The van der Waals surface area contributed by atoms with Crippen LogP contribution in [0.15, 0.2) is 109 Å². The number of carbonyl (C=O) groups is 1. The topological polar surface area (TPSA) is 44.8 Å². The van der Waals surface area contributed by atoms with Crippen LogP contribution in [0.3, 0.4) is 0 Å². The first-order valence-corrected chi connectivity index (χ1v) is 10.5. The smallest absolute Gasteiger partial charge is 0.200 e. The average molecular weight is 424 g/mol. The highest BCUT2D eigenvalue weighted by Gasteiger charge is 2.12. The van der Waals surface area contributed by atoms with Crippen LogP contribution in [0.25, 0.3) is 0 Å². The van der Waals surface area contributed by atoms with Gasteiger partial charge in [0.1, 0.15) is 19.0 Å². The van der Waals surface area contributed by atoms with Gasteiger partial charge in [-0.3, -0.25) is 4.79 Å². The normalized spacial score (nSPS) is 10.4. The number of ketones is 1. The molecule has 0 spiro atoms. The monoisotopic (exact) mass is 424 g/mol. The summed E-state index contributed by atoms with van der Waals surface area (Å²) in [6, 6.07) is 34.3. The molecule has 0 aliphatic heterocycles. The average Bonchev–Trinajstić information content (AvgIpc) is 2.87. The van der Waals surface area contributed by atoms with E-state index >= 15 is 0 Å². The van der Waals surface area contributed by atoms with E-state index in [-0.39, 0.29) is 12.4 Å².